The van der Waals surface area contributed by atoms with Crippen LogP contribution in [0.5, 0.6) is 5.75 Å². The zero-order chi connectivity index (χ0) is 9.14. The molecule has 0 saturated heterocycles. The molecule has 3 nitrogen and oxygen atoms in total. The number of amides is 1. The average molecular weight is 277 g/mol. The standard InChI is InChI=1S/C8H8INO2/c1-5-2-3-6(7(11)4-5)8(12)10-9/h2-4,11H,1H3,(H,10,12). The van der Waals surface area contributed by atoms with Crippen molar-refractivity contribution in [3.05, 3.63) is 29.3 Å². The molecule has 0 unspecified atom stereocenters. The minimum Gasteiger partial charge on any atom is -0.507 e. The first kappa shape index (κ1) is 9.31. The number of carbonyl (C=O) groups excluding carboxylic acids is 1. The number of phenols is 1. The van der Waals surface area contributed by atoms with Gasteiger partial charge in [0.25, 0.3) is 5.91 Å². The summed E-state index contributed by atoms with van der Waals surface area (Å²) in [6.07, 6.45) is 0. The van der Waals surface area contributed by atoms with Gasteiger partial charge in [-0.25, -0.2) is 0 Å². The third-order valence-electron chi connectivity index (χ3n) is 1.48. The number of aromatic hydroxyl groups is 1. The summed E-state index contributed by atoms with van der Waals surface area (Å²) in [4.78, 5) is 11.1. The fourth-order valence-corrected chi connectivity index (χ4v) is 1.18. The SMILES string of the molecule is Cc1ccc(C(=O)NI)c(O)c1. The first-order valence-electron chi connectivity index (χ1n) is 3.35. The molecule has 4 heteroatoms. The van der Waals surface area contributed by atoms with Crippen LogP contribution in [0.1, 0.15) is 15.9 Å². The molecule has 64 valence electrons. The Labute approximate surface area is 84.3 Å². The second kappa shape index (κ2) is 3.75. The van der Waals surface area contributed by atoms with Crippen LogP contribution in [-0.2, 0) is 0 Å². The lowest BCUT2D eigenvalue weighted by molar-refractivity contribution is 0.0987. The molecule has 12 heavy (non-hydrogen) atoms. The smallest absolute Gasteiger partial charge is 0.263 e. The number of phenolic OH excluding ortho intramolecular Hbond substituents is 1. The maximum Gasteiger partial charge on any atom is 0.263 e. The van der Waals surface area contributed by atoms with E-state index >= 15 is 0 Å². The molecule has 0 aliphatic carbocycles. The van der Waals surface area contributed by atoms with Crippen molar-refractivity contribution in [1.29, 1.82) is 0 Å². The van der Waals surface area contributed by atoms with Gasteiger partial charge >= 0.3 is 0 Å². The topological polar surface area (TPSA) is 49.3 Å². The first-order valence-corrected chi connectivity index (χ1v) is 4.43. The van der Waals surface area contributed by atoms with Gasteiger partial charge < -0.3 is 5.11 Å². The van der Waals surface area contributed by atoms with E-state index in [0.29, 0.717) is 5.56 Å². The Kier molecular flexibility index (Phi) is 2.91. The number of halogens is 1. The van der Waals surface area contributed by atoms with Crippen LogP contribution in [0.4, 0.5) is 0 Å². The second-order valence-electron chi connectivity index (χ2n) is 2.44. The van der Waals surface area contributed by atoms with Crippen LogP contribution in [0.15, 0.2) is 18.2 Å². The van der Waals surface area contributed by atoms with Gasteiger partial charge in [0.2, 0.25) is 0 Å². The van der Waals surface area contributed by atoms with Crippen LogP contribution in [0.25, 0.3) is 0 Å². The molecule has 0 heterocycles. The molecule has 0 aliphatic rings. The lowest BCUT2D eigenvalue weighted by Gasteiger charge is -2.02. The molecule has 1 aromatic carbocycles. The van der Waals surface area contributed by atoms with Gasteiger partial charge in [0.1, 0.15) is 5.75 Å². The second-order valence-corrected chi connectivity index (χ2v) is 2.98. The zero-order valence-corrected chi connectivity index (χ0v) is 8.62. The predicted molar refractivity (Wildman–Crippen MR) is 54.3 cm³/mol. The maximum absolute atomic E-state index is 11.1. The Hall–Kier alpha value is -0.780. The van der Waals surface area contributed by atoms with Gasteiger partial charge in [-0.2, -0.15) is 0 Å². The normalized spacial score (nSPS) is 9.50. The minimum atomic E-state index is -0.284. The lowest BCUT2D eigenvalue weighted by atomic mass is 10.1. The van der Waals surface area contributed by atoms with Crippen molar-refractivity contribution in [1.82, 2.24) is 3.53 Å². The fraction of sp³-hybridized carbons (Fsp3) is 0.125. The Morgan fingerprint density at radius 2 is 2.25 bits per heavy atom. The van der Waals surface area contributed by atoms with Crippen molar-refractivity contribution in [2.45, 2.75) is 6.92 Å². The van der Waals surface area contributed by atoms with E-state index in [1.165, 1.54) is 0 Å². The van der Waals surface area contributed by atoms with E-state index < -0.39 is 0 Å². The van der Waals surface area contributed by atoms with E-state index in [1.54, 1.807) is 41.1 Å². The highest BCUT2D eigenvalue weighted by Gasteiger charge is 2.08. The quantitative estimate of drug-likeness (QED) is 0.607. The largest absolute Gasteiger partial charge is 0.507 e. The highest BCUT2D eigenvalue weighted by molar-refractivity contribution is 14.1. The van der Waals surface area contributed by atoms with E-state index in [1.807, 2.05) is 6.92 Å². The molecule has 2 N–H and O–H groups in total. The molecule has 0 aliphatic heterocycles. The van der Waals surface area contributed by atoms with E-state index in [2.05, 4.69) is 3.53 Å². The van der Waals surface area contributed by atoms with Crippen LogP contribution in [-0.4, -0.2) is 11.0 Å². The summed E-state index contributed by atoms with van der Waals surface area (Å²) in [6, 6.07) is 4.93. The van der Waals surface area contributed by atoms with Gasteiger partial charge in [0.15, 0.2) is 0 Å². The molecule has 1 aromatic rings. The summed E-state index contributed by atoms with van der Waals surface area (Å²) in [5.41, 5.74) is 1.23. The van der Waals surface area contributed by atoms with E-state index in [9.17, 15) is 9.90 Å². The van der Waals surface area contributed by atoms with Crippen LogP contribution in [0, 0.1) is 6.92 Å². The molecule has 0 radical (unpaired) electrons. The highest BCUT2D eigenvalue weighted by atomic mass is 127. The van der Waals surface area contributed by atoms with Crippen molar-refractivity contribution in [2.24, 2.45) is 0 Å². The molecule has 1 rings (SSSR count). The number of hydrogen-bond acceptors (Lipinski definition) is 2. The van der Waals surface area contributed by atoms with Crippen LogP contribution in [0.2, 0.25) is 0 Å². The van der Waals surface area contributed by atoms with Crippen LogP contribution in [0.3, 0.4) is 0 Å². The predicted octanol–water partition coefficient (Wildman–Crippen LogP) is 1.78. The van der Waals surface area contributed by atoms with Crippen LogP contribution < -0.4 is 3.53 Å². The zero-order valence-electron chi connectivity index (χ0n) is 6.47. The number of aryl methyl sites for hydroxylation is 1. The Balaban J connectivity index is 3.09. The third-order valence-corrected chi connectivity index (χ3v) is 1.97. The molecular weight excluding hydrogens is 269 g/mol. The first-order chi connectivity index (χ1) is 5.65. The Bertz CT molecular complexity index is 312. The van der Waals surface area contributed by atoms with Gasteiger partial charge in [-0.3, -0.25) is 8.32 Å². The molecule has 1 amide bonds. The van der Waals surface area contributed by atoms with Gasteiger partial charge in [-0.15, -0.1) is 0 Å². The van der Waals surface area contributed by atoms with Crippen molar-refractivity contribution in [3.8, 4) is 5.75 Å². The Morgan fingerprint density at radius 1 is 1.58 bits per heavy atom. The van der Waals surface area contributed by atoms with Gasteiger partial charge in [0.05, 0.1) is 28.4 Å². The summed E-state index contributed by atoms with van der Waals surface area (Å²) in [7, 11) is 0. The van der Waals surface area contributed by atoms with E-state index in [4.69, 9.17) is 0 Å². The molecule has 0 saturated carbocycles. The molecule has 0 spiro atoms. The van der Waals surface area contributed by atoms with Gasteiger partial charge in [-0.05, 0) is 24.6 Å². The van der Waals surface area contributed by atoms with Crippen LogP contribution >= 0.6 is 22.9 Å². The number of rotatable bonds is 1. The maximum atomic E-state index is 11.1. The van der Waals surface area contributed by atoms with Crippen molar-refractivity contribution in [3.63, 3.8) is 0 Å². The van der Waals surface area contributed by atoms with Crippen molar-refractivity contribution in [2.75, 3.05) is 0 Å². The number of benzene rings is 1. The number of hydrogen-bond donors (Lipinski definition) is 2. The minimum absolute atomic E-state index is 0.0177. The third kappa shape index (κ3) is 1.88. The number of nitrogens with one attached hydrogen (secondary N) is 1. The lowest BCUT2D eigenvalue weighted by Crippen LogP contribution is -2.11. The molecule has 0 bridgehead atoms. The van der Waals surface area contributed by atoms with Gasteiger partial charge in [0, 0.05) is 0 Å². The summed E-state index contributed by atoms with van der Waals surface area (Å²) in [6.45, 7) is 1.85. The van der Waals surface area contributed by atoms with E-state index in [0.717, 1.165) is 5.56 Å². The Morgan fingerprint density at radius 3 is 2.75 bits per heavy atom. The fourth-order valence-electron chi connectivity index (χ4n) is 0.885. The van der Waals surface area contributed by atoms with Gasteiger partial charge in [-0.1, -0.05) is 6.07 Å². The summed E-state index contributed by atoms with van der Waals surface area (Å²) in [5.74, 6) is -0.266. The van der Waals surface area contributed by atoms with Crippen molar-refractivity contribution < 1.29 is 9.90 Å². The molecule has 0 aromatic heterocycles. The summed E-state index contributed by atoms with van der Waals surface area (Å²) in [5, 5.41) is 9.33. The number of carbonyl (C=O) groups is 1. The monoisotopic (exact) mass is 277 g/mol. The molecule has 0 atom stereocenters. The molecular formula is C8H8INO2. The van der Waals surface area contributed by atoms with E-state index in [-0.39, 0.29) is 11.7 Å². The molecule has 0 fully saturated rings. The average Bonchev–Trinajstić information content (AvgIpc) is 2.03. The van der Waals surface area contributed by atoms with Crippen molar-refractivity contribution >= 4 is 28.8 Å². The summed E-state index contributed by atoms with van der Waals surface area (Å²) < 4.78 is 2.41. The summed E-state index contributed by atoms with van der Waals surface area (Å²) >= 11 is 1.73. The highest BCUT2D eigenvalue weighted by Crippen LogP contribution is 2.18.